The molecule has 0 bridgehead atoms. The fourth-order valence-corrected chi connectivity index (χ4v) is 2.15. The number of likely N-dealkylation sites (tertiary alicyclic amines) is 1. The van der Waals surface area contributed by atoms with Gasteiger partial charge >= 0.3 is 0 Å². The Morgan fingerprint density at radius 1 is 1.44 bits per heavy atom. The summed E-state index contributed by atoms with van der Waals surface area (Å²) in [7, 11) is 0. The van der Waals surface area contributed by atoms with Crippen LogP contribution in [0.15, 0.2) is 0 Å². The van der Waals surface area contributed by atoms with E-state index in [1.807, 2.05) is 13.8 Å². The Labute approximate surface area is 98.2 Å². The van der Waals surface area contributed by atoms with Gasteiger partial charge in [0.15, 0.2) is 0 Å². The van der Waals surface area contributed by atoms with E-state index in [0.29, 0.717) is 19.1 Å². The summed E-state index contributed by atoms with van der Waals surface area (Å²) in [5, 5.41) is 18.6. The van der Waals surface area contributed by atoms with E-state index in [0.717, 1.165) is 25.9 Å². The van der Waals surface area contributed by atoms with Gasteiger partial charge in [-0.3, -0.25) is 0 Å². The summed E-state index contributed by atoms with van der Waals surface area (Å²) < 4.78 is 5.37. The molecule has 0 spiro atoms. The van der Waals surface area contributed by atoms with Gasteiger partial charge in [0.25, 0.3) is 0 Å². The third kappa shape index (κ3) is 5.25. The van der Waals surface area contributed by atoms with Crippen molar-refractivity contribution < 1.29 is 14.9 Å². The first-order valence-corrected chi connectivity index (χ1v) is 6.24. The number of hydrogen-bond acceptors (Lipinski definition) is 4. The van der Waals surface area contributed by atoms with Crippen LogP contribution in [0.3, 0.4) is 0 Å². The van der Waals surface area contributed by atoms with Crippen LogP contribution in [0.2, 0.25) is 0 Å². The van der Waals surface area contributed by atoms with Gasteiger partial charge in [0.05, 0.1) is 18.8 Å². The molecule has 2 N–H and O–H groups in total. The average molecular weight is 231 g/mol. The Morgan fingerprint density at radius 2 is 2.19 bits per heavy atom. The molecule has 1 aliphatic rings. The highest BCUT2D eigenvalue weighted by Crippen LogP contribution is 2.19. The molecule has 0 aliphatic carbocycles. The number of ether oxygens (including phenoxy) is 1. The van der Waals surface area contributed by atoms with Crippen LogP contribution in [0, 0.1) is 5.92 Å². The normalized spacial score (nSPS) is 24.2. The molecule has 4 heteroatoms. The van der Waals surface area contributed by atoms with Gasteiger partial charge in [0.2, 0.25) is 0 Å². The standard InChI is InChI=1S/C12H25NO3/c1-10(2)16-9-12(15)8-13-5-3-11(7-13)4-6-14/h10-12,14-15H,3-9H2,1-2H3. The Balaban J connectivity index is 2.13. The van der Waals surface area contributed by atoms with Crippen LogP contribution in [0.4, 0.5) is 0 Å². The molecule has 2 atom stereocenters. The summed E-state index contributed by atoms with van der Waals surface area (Å²) in [6.45, 7) is 7.35. The van der Waals surface area contributed by atoms with E-state index in [4.69, 9.17) is 9.84 Å². The molecular formula is C12H25NO3. The molecule has 0 aromatic rings. The first-order chi connectivity index (χ1) is 7.61. The average Bonchev–Trinajstić information content (AvgIpc) is 2.63. The van der Waals surface area contributed by atoms with Gasteiger partial charge in [0.1, 0.15) is 0 Å². The molecule has 16 heavy (non-hydrogen) atoms. The van der Waals surface area contributed by atoms with Crippen LogP contribution >= 0.6 is 0 Å². The molecule has 1 fully saturated rings. The lowest BCUT2D eigenvalue weighted by Crippen LogP contribution is -2.34. The second-order valence-electron chi connectivity index (χ2n) is 4.96. The van der Waals surface area contributed by atoms with Gasteiger partial charge in [-0.15, -0.1) is 0 Å². The van der Waals surface area contributed by atoms with Crippen molar-refractivity contribution in [3.8, 4) is 0 Å². The van der Waals surface area contributed by atoms with Gasteiger partial charge < -0.3 is 19.8 Å². The summed E-state index contributed by atoms with van der Waals surface area (Å²) in [6, 6.07) is 0. The Bertz CT molecular complexity index is 187. The lowest BCUT2D eigenvalue weighted by atomic mass is 10.1. The monoisotopic (exact) mass is 231 g/mol. The van der Waals surface area contributed by atoms with Gasteiger partial charge in [-0.2, -0.15) is 0 Å². The Hall–Kier alpha value is -0.160. The van der Waals surface area contributed by atoms with E-state index in [2.05, 4.69) is 4.90 Å². The van der Waals surface area contributed by atoms with Crippen LogP contribution in [0.5, 0.6) is 0 Å². The van der Waals surface area contributed by atoms with Crippen molar-refractivity contribution in [1.82, 2.24) is 4.90 Å². The third-order valence-electron chi connectivity index (χ3n) is 3.00. The largest absolute Gasteiger partial charge is 0.396 e. The maximum atomic E-state index is 9.76. The van der Waals surface area contributed by atoms with Crippen molar-refractivity contribution in [2.45, 2.75) is 38.9 Å². The van der Waals surface area contributed by atoms with Crippen molar-refractivity contribution >= 4 is 0 Å². The molecular weight excluding hydrogens is 206 g/mol. The summed E-state index contributed by atoms with van der Waals surface area (Å²) in [4.78, 5) is 2.26. The number of nitrogens with zero attached hydrogens (tertiary/aromatic N) is 1. The highest BCUT2D eigenvalue weighted by atomic mass is 16.5. The fourth-order valence-electron chi connectivity index (χ4n) is 2.15. The summed E-state index contributed by atoms with van der Waals surface area (Å²) in [6.07, 6.45) is 1.80. The molecule has 0 amide bonds. The highest BCUT2D eigenvalue weighted by Gasteiger charge is 2.23. The molecule has 96 valence electrons. The lowest BCUT2D eigenvalue weighted by molar-refractivity contribution is -0.00626. The number of β-amino-alcohol motifs (C(OH)–C–C–N with tert-alkyl or cyclic N) is 1. The fraction of sp³-hybridized carbons (Fsp3) is 1.00. The van der Waals surface area contributed by atoms with Crippen LogP contribution in [-0.4, -0.2) is 60.2 Å². The van der Waals surface area contributed by atoms with Gasteiger partial charge in [0, 0.05) is 19.7 Å². The van der Waals surface area contributed by atoms with E-state index in [-0.39, 0.29) is 12.7 Å². The van der Waals surface area contributed by atoms with Crippen LogP contribution in [0.25, 0.3) is 0 Å². The Morgan fingerprint density at radius 3 is 2.81 bits per heavy atom. The highest BCUT2D eigenvalue weighted by molar-refractivity contribution is 4.77. The molecule has 0 saturated carbocycles. The third-order valence-corrected chi connectivity index (χ3v) is 3.00. The van der Waals surface area contributed by atoms with Crippen LogP contribution in [0.1, 0.15) is 26.7 Å². The van der Waals surface area contributed by atoms with Crippen molar-refractivity contribution in [3.05, 3.63) is 0 Å². The number of hydrogen-bond donors (Lipinski definition) is 2. The van der Waals surface area contributed by atoms with E-state index in [1.54, 1.807) is 0 Å². The first-order valence-electron chi connectivity index (χ1n) is 6.24. The van der Waals surface area contributed by atoms with Crippen molar-refractivity contribution in [2.24, 2.45) is 5.92 Å². The zero-order valence-electron chi connectivity index (χ0n) is 10.4. The van der Waals surface area contributed by atoms with Crippen LogP contribution < -0.4 is 0 Å². The summed E-state index contributed by atoms with van der Waals surface area (Å²) in [5.41, 5.74) is 0. The summed E-state index contributed by atoms with van der Waals surface area (Å²) >= 11 is 0. The minimum Gasteiger partial charge on any atom is -0.396 e. The maximum Gasteiger partial charge on any atom is 0.0900 e. The number of aliphatic hydroxyl groups is 2. The molecule has 1 saturated heterocycles. The predicted molar refractivity (Wildman–Crippen MR) is 63.3 cm³/mol. The molecule has 1 aliphatic heterocycles. The van der Waals surface area contributed by atoms with Gasteiger partial charge in [-0.05, 0) is 39.2 Å². The van der Waals surface area contributed by atoms with Gasteiger partial charge in [-0.1, -0.05) is 0 Å². The van der Waals surface area contributed by atoms with Crippen molar-refractivity contribution in [3.63, 3.8) is 0 Å². The quantitative estimate of drug-likeness (QED) is 0.669. The maximum absolute atomic E-state index is 9.76. The predicted octanol–water partition coefficient (Wildman–Crippen LogP) is 0.477. The minimum absolute atomic E-state index is 0.176. The topological polar surface area (TPSA) is 52.9 Å². The van der Waals surface area contributed by atoms with Crippen LogP contribution in [-0.2, 0) is 4.74 Å². The van der Waals surface area contributed by atoms with Crippen molar-refractivity contribution in [2.75, 3.05) is 32.8 Å². The second kappa shape index (κ2) is 7.22. The first kappa shape index (κ1) is 13.9. The van der Waals surface area contributed by atoms with Gasteiger partial charge in [-0.25, -0.2) is 0 Å². The zero-order valence-corrected chi connectivity index (χ0v) is 10.4. The van der Waals surface area contributed by atoms with E-state index < -0.39 is 6.10 Å². The molecule has 0 aromatic carbocycles. The van der Waals surface area contributed by atoms with E-state index in [9.17, 15) is 5.11 Å². The lowest BCUT2D eigenvalue weighted by Gasteiger charge is -2.20. The van der Waals surface area contributed by atoms with Crippen molar-refractivity contribution in [1.29, 1.82) is 0 Å². The summed E-state index contributed by atoms with van der Waals surface area (Å²) in [5.74, 6) is 0.600. The second-order valence-corrected chi connectivity index (χ2v) is 4.96. The molecule has 1 rings (SSSR count). The number of rotatable bonds is 7. The van der Waals surface area contributed by atoms with E-state index >= 15 is 0 Å². The zero-order chi connectivity index (χ0) is 12.0. The molecule has 2 unspecified atom stereocenters. The SMILES string of the molecule is CC(C)OCC(O)CN1CCC(CCO)C1. The number of aliphatic hydroxyl groups excluding tert-OH is 2. The smallest absolute Gasteiger partial charge is 0.0900 e. The molecule has 1 heterocycles. The Kier molecular flexibility index (Phi) is 6.28. The van der Waals surface area contributed by atoms with E-state index in [1.165, 1.54) is 0 Å². The molecule has 0 aromatic heterocycles. The minimum atomic E-state index is -0.393. The molecule has 0 radical (unpaired) electrons. The molecule has 4 nitrogen and oxygen atoms in total.